The molecule has 17 N–H and O–H groups in total. The van der Waals surface area contributed by atoms with Crippen LogP contribution in [0.25, 0.3) is 21.5 Å². The number of rotatable bonds is 18. The second kappa shape index (κ2) is 24.8. The van der Waals surface area contributed by atoms with Gasteiger partial charge in [0.1, 0.15) is 32.6 Å². The Balaban J connectivity index is 0.000000274. The molecule has 3 aromatic heterocycles. The Morgan fingerprint density at radius 3 is 2.02 bits per heavy atom. The number of anilines is 4. The van der Waals surface area contributed by atoms with Crippen molar-refractivity contribution in [3.05, 3.63) is 97.4 Å². The minimum absolute atomic E-state index is 0. The number of H-pyrrole nitrogens is 5. The number of nitrogens with zero attached hydrogens (tertiary/aromatic N) is 8. The average molecular weight is 1250 g/mol. The second-order valence-electron chi connectivity index (χ2n) is 15.8. The van der Waals surface area contributed by atoms with Crippen LogP contribution < -0.4 is 46.9 Å². The molecule has 3 heterocycles. The van der Waals surface area contributed by atoms with Crippen molar-refractivity contribution in [2.24, 2.45) is 20.5 Å². The van der Waals surface area contributed by atoms with E-state index in [9.17, 15) is 69.1 Å². The van der Waals surface area contributed by atoms with Crippen molar-refractivity contribution in [2.75, 3.05) is 42.3 Å². The molecule has 0 saturated carbocycles. The first kappa shape index (κ1) is 61.0. The molecule has 8 rings (SSSR count). The zero-order valence-electron chi connectivity index (χ0n) is 39.8. The number of aliphatic hydroxyl groups excluding tert-OH is 2. The Kier molecular flexibility index (Phi) is 18.9. The number of phenolic OH excluding ortho intramolecular Hbond substituents is 2. The third-order valence-electron chi connectivity index (χ3n) is 10.4. The van der Waals surface area contributed by atoms with Gasteiger partial charge < -0.3 is 41.3 Å². The molecule has 0 saturated heterocycles. The van der Waals surface area contributed by atoms with Gasteiger partial charge in [0.05, 0.1) is 46.0 Å². The number of non-ortho nitro benzene ring substituents is 1. The third-order valence-corrected chi connectivity index (χ3v) is 13.3. The van der Waals surface area contributed by atoms with E-state index >= 15 is 0 Å². The summed E-state index contributed by atoms with van der Waals surface area (Å²) in [5.41, 5.74) is -2.63. The fourth-order valence-corrected chi connectivity index (χ4v) is 9.19. The van der Waals surface area contributed by atoms with E-state index in [0.29, 0.717) is 29.3 Å². The summed E-state index contributed by atoms with van der Waals surface area (Å²) in [6.07, 6.45) is 0. The van der Waals surface area contributed by atoms with Crippen LogP contribution in [0.15, 0.2) is 101 Å². The van der Waals surface area contributed by atoms with Gasteiger partial charge >= 0.3 is 17.2 Å². The zero-order valence-corrected chi connectivity index (χ0v) is 44.8. The number of aryl methyl sites for hydroxylation is 1. The largest absolute Gasteiger partial charge is 0.870 e. The van der Waals surface area contributed by atoms with Crippen molar-refractivity contribution >= 4 is 139 Å². The second-order valence-corrected chi connectivity index (χ2v) is 20.7. The first-order valence-corrected chi connectivity index (χ1v) is 26.6. The molecule has 0 atom stereocenters. The summed E-state index contributed by atoms with van der Waals surface area (Å²) in [6, 6.07) is 10.4. The van der Waals surface area contributed by atoms with E-state index in [4.69, 9.17) is 33.4 Å². The molecule has 0 unspecified atom stereocenters. The summed E-state index contributed by atoms with van der Waals surface area (Å²) >= 11 is 11.9. The Bertz CT molecular complexity index is 4220. The Morgan fingerprint density at radius 2 is 1.39 bits per heavy atom. The smallest absolute Gasteiger partial charge is 0.627 e. The first-order chi connectivity index (χ1) is 37.1. The van der Waals surface area contributed by atoms with Gasteiger partial charge in [-0.2, -0.15) is 50.6 Å². The summed E-state index contributed by atoms with van der Waals surface area (Å²) < 4.78 is 101. The number of hydrogen-bond donors (Lipinski definition) is 13. The van der Waals surface area contributed by atoms with Gasteiger partial charge in [0.15, 0.2) is 11.4 Å². The van der Waals surface area contributed by atoms with Crippen molar-refractivity contribution in [2.45, 2.75) is 21.6 Å². The van der Waals surface area contributed by atoms with Crippen molar-refractivity contribution in [3.8, 4) is 17.2 Å². The number of halogens is 2. The summed E-state index contributed by atoms with van der Waals surface area (Å²) in [5, 5.41) is 92.3. The number of nitro groups is 1. The Morgan fingerprint density at radius 1 is 0.738 bits per heavy atom. The molecular formula is C40H38Cl2CoN17O17S3+3. The van der Waals surface area contributed by atoms with E-state index in [1.165, 1.54) is 19.1 Å². The summed E-state index contributed by atoms with van der Waals surface area (Å²) in [6.45, 7) is 1.48. The van der Waals surface area contributed by atoms with Gasteiger partial charge in [0.25, 0.3) is 41.6 Å². The maximum atomic E-state index is 12.8. The maximum absolute atomic E-state index is 12.8. The van der Waals surface area contributed by atoms with Crippen molar-refractivity contribution in [1.29, 1.82) is 0 Å². The number of nitrogens with two attached hydrogens (primary N) is 1. The number of quaternary nitrogens is 1. The number of phenols is 2. The molecular weight excluding hydrogens is 1220 g/mol. The summed E-state index contributed by atoms with van der Waals surface area (Å²) in [5.74, 6) is -2.00. The molecule has 0 bridgehead atoms. The number of aliphatic hydroxyl groups is 2. The molecule has 5 aromatic carbocycles. The Labute approximate surface area is 466 Å². The fourth-order valence-electron chi connectivity index (χ4n) is 6.94. The standard InChI is InChI=1S/C25H19ClN8O11S2.C15H16ClN9O6S.Co/c26-23-29-24(27-5-6-35)31-25(30-23)28-12-1-3-14-11(7-12)8-19(47(43,44)45)21(22(14)37)33-32-20-15-4-2-13(34(38)39)9-16(15)18(10-17(20)36)46(40,41)42;1-6-10(12(28)25-22-6)24-23-9-5-7(32(29,30)31)4-8(11(9)27)18-15-20-13(16)19-14(21-15)17-2-3-26;/h1-4,7-10,35-37H,5-6H2,(H,40,41,42)(H,43,44,45)(H2,27,28,29,30,31);4-5,26-27H,2-3H2,1H3,(H2,22,25,28)(H,29,30,31)(H2,17,18,19,20,21);/p+3. The molecule has 423 valence electrons. The number of fused-ring (bicyclic) bond motifs is 2. The number of hydrogen-bond acceptors (Lipinski definition) is 24. The monoisotopic (exact) mass is 1250 g/mol. The van der Waals surface area contributed by atoms with E-state index < -0.39 is 101 Å². The number of nitrogens with one attached hydrogen (secondary N) is 8. The van der Waals surface area contributed by atoms with Crippen LogP contribution in [0.3, 0.4) is 0 Å². The van der Waals surface area contributed by atoms with E-state index in [1.54, 1.807) is 11.4 Å². The van der Waals surface area contributed by atoms with Crippen LogP contribution in [0, 0.1) is 17.0 Å². The fraction of sp³-hybridized carbons (Fsp3) is 0.125. The molecule has 0 aliphatic rings. The maximum Gasteiger partial charge on any atom is 0.627 e. The number of aromatic amines is 5. The molecule has 0 amide bonds. The summed E-state index contributed by atoms with van der Waals surface area (Å²) in [7, 11) is -14.8. The number of aromatic nitrogens is 8. The van der Waals surface area contributed by atoms with Crippen LogP contribution in [-0.4, -0.2) is 116 Å². The van der Waals surface area contributed by atoms with Gasteiger partial charge in [-0.05, 0) is 64.2 Å². The molecule has 0 aliphatic heterocycles. The normalized spacial score (nSPS) is 11.9. The van der Waals surface area contributed by atoms with E-state index in [1.807, 2.05) is 0 Å². The molecule has 8 aromatic rings. The minimum Gasteiger partial charge on any atom is -0.870 e. The minimum atomic E-state index is -5.07. The van der Waals surface area contributed by atoms with Crippen molar-refractivity contribution < 1.29 is 106 Å². The van der Waals surface area contributed by atoms with Crippen LogP contribution in [-0.2, 0) is 47.1 Å². The van der Waals surface area contributed by atoms with Crippen molar-refractivity contribution in [3.63, 3.8) is 0 Å². The molecule has 1 radical (unpaired) electrons. The van der Waals surface area contributed by atoms with E-state index in [2.05, 4.69) is 76.5 Å². The van der Waals surface area contributed by atoms with Crippen molar-refractivity contribution in [1.82, 2.24) is 25.1 Å². The molecule has 40 heteroatoms. The quantitative estimate of drug-likeness (QED) is 0.0192. The van der Waals surface area contributed by atoms with Gasteiger partial charge in [0.2, 0.25) is 17.2 Å². The van der Waals surface area contributed by atoms with Crippen LogP contribution in [0.2, 0.25) is 10.6 Å². The molecule has 80 heavy (non-hydrogen) atoms. The zero-order chi connectivity index (χ0) is 57.7. The van der Waals surface area contributed by atoms with Gasteiger partial charge in [0, 0.05) is 82.0 Å². The number of azo groups is 2. The molecule has 0 aliphatic carbocycles. The predicted octanol–water partition coefficient (Wildman–Crippen LogP) is 1.98. The van der Waals surface area contributed by atoms with Crippen LogP contribution >= 0.6 is 23.2 Å². The van der Waals surface area contributed by atoms with Gasteiger partial charge in [-0.15, -0.1) is 15.3 Å². The van der Waals surface area contributed by atoms with Gasteiger partial charge in [-0.1, -0.05) is 10.7 Å². The topological polar surface area (TPSA) is 542 Å². The number of benzene rings is 5. The predicted molar refractivity (Wildman–Crippen MR) is 269 cm³/mol. The molecule has 34 nitrogen and oxygen atoms in total. The van der Waals surface area contributed by atoms with Gasteiger partial charge in [-0.25, -0.2) is 0 Å². The number of nitro benzene ring substituents is 1. The first-order valence-electron chi connectivity index (χ1n) is 21.6. The van der Waals surface area contributed by atoms with E-state index in [-0.39, 0.29) is 93.1 Å². The third kappa shape index (κ3) is 14.5. The van der Waals surface area contributed by atoms with Crippen LogP contribution in [0.5, 0.6) is 17.2 Å². The van der Waals surface area contributed by atoms with Crippen LogP contribution in [0.1, 0.15) is 5.69 Å². The molecule has 0 fully saturated rings. The SMILES string of the molecule is Cc1[nH][nH]c(=O)c1N=Nc1cc(S(=O)(=O)O)cc(Nc2nc(Cl)nc(NCCO)n2)c1[O-].O=[N+]([O-])c1ccc2c(N=Nc3c(S(=O)(=O)O)cc4cc([NH2+]c5[nH+]c(Cl)[nH+]c(NCCO)[nH+]5)ccc4c3O)c(O)cc(S(=O)(=O)O)c2c1.[Co]. The van der Waals surface area contributed by atoms with E-state index in [0.717, 1.165) is 36.4 Å². The van der Waals surface area contributed by atoms with Crippen LogP contribution in [0.4, 0.5) is 63.6 Å². The van der Waals surface area contributed by atoms with Gasteiger partial charge in [-0.3, -0.25) is 39.0 Å². The summed E-state index contributed by atoms with van der Waals surface area (Å²) in [4.78, 5) is 39.8. The molecule has 0 spiro atoms. The Hall–Kier alpha value is -8.25. The average Bonchev–Trinajstić information content (AvgIpc) is 3.87. The number of aromatic hydroxyl groups is 2.